The van der Waals surface area contributed by atoms with Crippen LogP contribution in [-0.2, 0) is 0 Å². The van der Waals surface area contributed by atoms with Gasteiger partial charge in [0.25, 0.3) is 0 Å². The number of hydrogen-bond donors (Lipinski definition) is 1. The van der Waals surface area contributed by atoms with Crippen molar-refractivity contribution in [3.8, 4) is 28.4 Å². The van der Waals surface area contributed by atoms with Crippen LogP contribution in [0.4, 0.5) is 0 Å². The molecule has 4 aromatic rings. The minimum Gasteiger partial charge on any atom is -0.504 e. The molecule has 1 aromatic heterocycles. The lowest BCUT2D eigenvalue weighted by molar-refractivity contribution is 0.104. The summed E-state index contributed by atoms with van der Waals surface area (Å²) in [5.74, 6) is -0.380. The summed E-state index contributed by atoms with van der Waals surface area (Å²) in [6.07, 6.45) is 4.55. The predicted molar refractivity (Wildman–Crippen MR) is 116 cm³/mol. The largest absolute Gasteiger partial charge is 0.504 e. The minimum atomic E-state index is -0.405. The van der Waals surface area contributed by atoms with Crippen LogP contribution in [0, 0.1) is 0 Å². The van der Waals surface area contributed by atoms with Gasteiger partial charge >= 0.3 is 0 Å². The number of rotatable bonds is 6. The van der Waals surface area contributed by atoms with Crippen molar-refractivity contribution in [2.45, 2.75) is 0 Å². The van der Waals surface area contributed by atoms with Crippen molar-refractivity contribution in [1.29, 1.82) is 0 Å². The van der Waals surface area contributed by atoms with Crippen molar-refractivity contribution in [2.24, 2.45) is 0 Å². The summed E-state index contributed by atoms with van der Waals surface area (Å²) < 4.78 is 16.0. The molecule has 0 fully saturated rings. The van der Waals surface area contributed by atoms with E-state index in [4.69, 9.17) is 13.9 Å². The molecule has 0 aliphatic carbocycles. The van der Waals surface area contributed by atoms with Crippen molar-refractivity contribution in [3.63, 3.8) is 0 Å². The van der Waals surface area contributed by atoms with Crippen LogP contribution in [-0.4, -0.2) is 25.1 Å². The van der Waals surface area contributed by atoms with Gasteiger partial charge in [0.2, 0.25) is 5.75 Å². The second-order valence-electron chi connectivity index (χ2n) is 6.64. The first-order valence-electron chi connectivity index (χ1n) is 9.36. The third-order valence-corrected chi connectivity index (χ3v) is 4.89. The Morgan fingerprint density at radius 2 is 1.57 bits per heavy atom. The summed E-state index contributed by atoms with van der Waals surface area (Å²) in [6, 6.07) is 19.6. The molecule has 1 heterocycles. The topological polar surface area (TPSA) is 68.9 Å². The van der Waals surface area contributed by atoms with Gasteiger partial charge in [-0.1, -0.05) is 60.7 Å². The Hall–Kier alpha value is -3.99. The number of phenols is 1. The quantitative estimate of drug-likeness (QED) is 0.331. The standard InChI is InChI=1S/C25H20O5/c1-28-23-19-14-15-30-24(19)25(29-2)22(27)21(23)20(26)13-10-16-8-11-18(12-9-16)17-6-4-3-5-7-17/h3-15,27H,1-2H3/b13-10+. The third-order valence-electron chi connectivity index (χ3n) is 4.89. The highest BCUT2D eigenvalue weighted by Crippen LogP contribution is 2.45. The first kappa shape index (κ1) is 19.3. The monoisotopic (exact) mass is 400 g/mol. The molecule has 0 unspecified atom stereocenters. The summed E-state index contributed by atoms with van der Waals surface area (Å²) in [7, 11) is 2.85. The summed E-state index contributed by atoms with van der Waals surface area (Å²) in [6.45, 7) is 0. The molecule has 30 heavy (non-hydrogen) atoms. The smallest absolute Gasteiger partial charge is 0.205 e. The lowest BCUT2D eigenvalue weighted by Crippen LogP contribution is -2.02. The van der Waals surface area contributed by atoms with E-state index in [1.165, 1.54) is 26.6 Å². The fraction of sp³-hybridized carbons (Fsp3) is 0.0800. The maximum absolute atomic E-state index is 12.9. The van der Waals surface area contributed by atoms with E-state index in [1.54, 1.807) is 12.1 Å². The van der Waals surface area contributed by atoms with Gasteiger partial charge in [0.1, 0.15) is 11.3 Å². The Kier molecular flexibility index (Phi) is 5.26. The van der Waals surface area contributed by atoms with E-state index in [9.17, 15) is 9.90 Å². The molecule has 4 rings (SSSR count). The van der Waals surface area contributed by atoms with E-state index in [-0.39, 0.29) is 22.8 Å². The molecule has 0 atom stereocenters. The van der Waals surface area contributed by atoms with E-state index in [0.29, 0.717) is 11.0 Å². The molecule has 0 spiro atoms. The van der Waals surface area contributed by atoms with Crippen LogP contribution >= 0.6 is 0 Å². The number of ether oxygens (including phenoxy) is 2. The molecule has 150 valence electrons. The van der Waals surface area contributed by atoms with E-state index in [2.05, 4.69) is 0 Å². The molecule has 0 aliphatic heterocycles. The average molecular weight is 400 g/mol. The molecule has 0 aliphatic rings. The maximum atomic E-state index is 12.9. The summed E-state index contributed by atoms with van der Waals surface area (Å²) in [5.41, 5.74) is 3.43. The molecule has 5 nitrogen and oxygen atoms in total. The van der Waals surface area contributed by atoms with E-state index < -0.39 is 5.78 Å². The number of phenolic OH excluding ortho intramolecular Hbond substituents is 1. The Bertz CT molecular complexity index is 1220. The van der Waals surface area contributed by atoms with Gasteiger partial charge in [-0.3, -0.25) is 4.79 Å². The zero-order valence-electron chi connectivity index (χ0n) is 16.6. The van der Waals surface area contributed by atoms with Gasteiger partial charge in [0.05, 0.1) is 25.9 Å². The number of carbonyl (C=O) groups excluding carboxylic acids is 1. The van der Waals surface area contributed by atoms with Gasteiger partial charge in [-0.25, -0.2) is 0 Å². The van der Waals surface area contributed by atoms with E-state index in [1.807, 2.05) is 54.6 Å². The Morgan fingerprint density at radius 3 is 2.23 bits per heavy atom. The SMILES string of the molecule is COc1c(C(=O)/C=C/c2ccc(-c3ccccc3)cc2)c(O)c(OC)c2occc12. The second-order valence-corrected chi connectivity index (χ2v) is 6.64. The number of ketones is 1. The number of hydrogen-bond acceptors (Lipinski definition) is 5. The number of aromatic hydroxyl groups is 1. The highest BCUT2D eigenvalue weighted by Gasteiger charge is 2.26. The lowest BCUT2D eigenvalue weighted by atomic mass is 10.0. The maximum Gasteiger partial charge on any atom is 0.205 e. The van der Waals surface area contributed by atoms with Crippen molar-refractivity contribution in [1.82, 2.24) is 0 Å². The van der Waals surface area contributed by atoms with Crippen LogP contribution in [0.15, 0.2) is 77.4 Å². The lowest BCUT2D eigenvalue weighted by Gasteiger charge is -2.13. The number of allylic oxidation sites excluding steroid dienone is 1. The molecule has 3 aromatic carbocycles. The summed E-state index contributed by atoms with van der Waals surface area (Å²) in [4.78, 5) is 12.9. The first-order valence-corrected chi connectivity index (χ1v) is 9.36. The van der Waals surface area contributed by atoms with Crippen LogP contribution in [0.3, 0.4) is 0 Å². The minimum absolute atomic E-state index is 0.0282. The summed E-state index contributed by atoms with van der Waals surface area (Å²) >= 11 is 0. The molecule has 0 saturated carbocycles. The van der Waals surface area contributed by atoms with E-state index >= 15 is 0 Å². The van der Waals surface area contributed by atoms with Gasteiger partial charge in [-0.15, -0.1) is 0 Å². The van der Waals surface area contributed by atoms with Gasteiger partial charge < -0.3 is 19.0 Å². The molecular weight excluding hydrogens is 380 g/mol. The number of methoxy groups -OCH3 is 2. The Labute approximate surface area is 173 Å². The Morgan fingerprint density at radius 1 is 0.900 bits per heavy atom. The highest BCUT2D eigenvalue weighted by atomic mass is 16.5. The van der Waals surface area contributed by atoms with Crippen LogP contribution < -0.4 is 9.47 Å². The molecule has 0 bridgehead atoms. The number of furan rings is 1. The van der Waals surface area contributed by atoms with Gasteiger partial charge in [-0.05, 0) is 28.8 Å². The van der Waals surface area contributed by atoms with Crippen molar-refractivity contribution in [2.75, 3.05) is 14.2 Å². The van der Waals surface area contributed by atoms with Crippen molar-refractivity contribution in [3.05, 3.63) is 84.1 Å². The fourth-order valence-electron chi connectivity index (χ4n) is 3.43. The van der Waals surface area contributed by atoms with Gasteiger partial charge in [-0.2, -0.15) is 0 Å². The number of benzene rings is 3. The third kappa shape index (κ3) is 3.42. The normalized spacial score (nSPS) is 11.1. The van der Waals surface area contributed by atoms with Crippen LogP contribution in [0.2, 0.25) is 0 Å². The predicted octanol–water partition coefficient (Wildman–Crippen LogP) is 5.72. The molecule has 0 saturated heterocycles. The zero-order chi connectivity index (χ0) is 21.1. The first-order chi connectivity index (χ1) is 14.6. The molecule has 1 N–H and O–H groups in total. The molecule has 0 radical (unpaired) electrons. The summed E-state index contributed by atoms with van der Waals surface area (Å²) in [5, 5.41) is 11.2. The van der Waals surface area contributed by atoms with E-state index in [0.717, 1.165) is 16.7 Å². The van der Waals surface area contributed by atoms with Crippen molar-refractivity contribution < 1.29 is 23.8 Å². The van der Waals surface area contributed by atoms with Crippen LogP contribution in [0.1, 0.15) is 15.9 Å². The molecular formula is C25H20O5. The van der Waals surface area contributed by atoms with Crippen LogP contribution in [0.5, 0.6) is 17.2 Å². The second kappa shape index (κ2) is 8.17. The molecule has 0 amide bonds. The van der Waals surface area contributed by atoms with Gasteiger partial charge in [0.15, 0.2) is 17.1 Å². The number of fused-ring (bicyclic) bond motifs is 1. The number of carbonyl (C=O) groups is 1. The zero-order valence-corrected chi connectivity index (χ0v) is 16.6. The molecule has 5 heteroatoms. The Balaban J connectivity index is 1.66. The average Bonchev–Trinajstić information content (AvgIpc) is 3.27. The highest BCUT2D eigenvalue weighted by molar-refractivity contribution is 6.15. The fourth-order valence-corrected chi connectivity index (χ4v) is 3.43. The van der Waals surface area contributed by atoms with Crippen molar-refractivity contribution >= 4 is 22.8 Å². The van der Waals surface area contributed by atoms with Gasteiger partial charge in [0, 0.05) is 0 Å². The van der Waals surface area contributed by atoms with Crippen LogP contribution in [0.25, 0.3) is 28.2 Å².